The molecule has 2 saturated carbocycles. The van der Waals surface area contributed by atoms with Crippen LogP contribution >= 0.6 is 11.8 Å². The van der Waals surface area contributed by atoms with Gasteiger partial charge in [0.25, 0.3) is 0 Å². The second kappa shape index (κ2) is 7.08. The first-order valence-corrected chi connectivity index (χ1v) is 10.8. The highest BCUT2D eigenvalue weighted by molar-refractivity contribution is 7.99. The Kier molecular flexibility index (Phi) is 5.37. The molecule has 1 aromatic rings. The highest BCUT2D eigenvalue weighted by Crippen LogP contribution is 2.65. The highest BCUT2D eigenvalue weighted by Gasteiger charge is 2.63. The van der Waals surface area contributed by atoms with Crippen molar-refractivity contribution >= 4 is 17.5 Å². The van der Waals surface area contributed by atoms with Crippen LogP contribution < -0.4 is 0 Å². The first kappa shape index (κ1) is 19.0. The SMILES string of the molecule is CC[C@H](O)[C@@H](C)[C@@H](SC[C@]12CC[C@H](CC1=O)C2(C)C)c1ccccc1. The number of fused-ring (bicyclic) bond motifs is 2. The standard InChI is InChI=1S/C22H32O2S/c1-5-18(23)15(2)20(16-9-7-6-8-10-16)25-14-22-12-11-17(13-19(22)24)21(22,3)4/h6-10,15,17-18,20,23H,5,11-14H2,1-4H3/t15-,17-,18+,20-,22-/m1/s1. The molecule has 2 aliphatic rings. The van der Waals surface area contributed by atoms with Gasteiger partial charge in [-0.05, 0) is 42.1 Å². The Morgan fingerprint density at radius 1 is 1.28 bits per heavy atom. The van der Waals surface area contributed by atoms with E-state index in [-0.39, 0.29) is 28.1 Å². The summed E-state index contributed by atoms with van der Waals surface area (Å²) in [6.45, 7) is 8.79. The van der Waals surface area contributed by atoms with Gasteiger partial charge in [0.1, 0.15) is 5.78 Å². The Morgan fingerprint density at radius 2 is 1.96 bits per heavy atom. The molecule has 0 aromatic heterocycles. The number of carbonyl (C=O) groups excluding carboxylic acids is 1. The Hall–Kier alpha value is -0.800. The third-order valence-corrected chi connectivity index (χ3v) is 9.00. The molecule has 0 saturated heterocycles. The van der Waals surface area contributed by atoms with E-state index in [0.29, 0.717) is 11.7 Å². The number of aliphatic hydroxyl groups excluding tert-OH is 1. The highest BCUT2D eigenvalue weighted by atomic mass is 32.2. The maximum Gasteiger partial charge on any atom is 0.140 e. The van der Waals surface area contributed by atoms with Gasteiger partial charge in [-0.1, -0.05) is 58.0 Å². The molecule has 0 amide bonds. The summed E-state index contributed by atoms with van der Waals surface area (Å²) >= 11 is 1.90. The van der Waals surface area contributed by atoms with E-state index in [2.05, 4.69) is 45.0 Å². The fourth-order valence-electron chi connectivity index (χ4n) is 5.11. The summed E-state index contributed by atoms with van der Waals surface area (Å²) in [7, 11) is 0. The average molecular weight is 361 g/mol. The van der Waals surface area contributed by atoms with Crippen molar-refractivity contribution in [3.8, 4) is 0 Å². The molecular formula is C22H32O2S. The van der Waals surface area contributed by atoms with E-state index < -0.39 is 0 Å². The maximum atomic E-state index is 12.8. The van der Waals surface area contributed by atoms with Crippen LogP contribution in [0.4, 0.5) is 0 Å². The molecule has 25 heavy (non-hydrogen) atoms. The minimum absolute atomic E-state index is 0.116. The van der Waals surface area contributed by atoms with Crippen LogP contribution in [0.25, 0.3) is 0 Å². The van der Waals surface area contributed by atoms with E-state index in [9.17, 15) is 9.90 Å². The molecule has 5 atom stereocenters. The van der Waals surface area contributed by atoms with Crippen molar-refractivity contribution in [2.75, 3.05) is 5.75 Å². The molecular weight excluding hydrogens is 328 g/mol. The van der Waals surface area contributed by atoms with Crippen LogP contribution in [0.2, 0.25) is 0 Å². The second-order valence-electron chi connectivity index (χ2n) is 8.64. The third-order valence-electron chi connectivity index (χ3n) is 7.28. The fraction of sp³-hybridized carbons (Fsp3) is 0.682. The van der Waals surface area contributed by atoms with E-state index in [4.69, 9.17) is 0 Å². The molecule has 2 nitrogen and oxygen atoms in total. The summed E-state index contributed by atoms with van der Waals surface area (Å²) < 4.78 is 0. The number of thioether (sulfide) groups is 1. The van der Waals surface area contributed by atoms with Gasteiger partial charge in [0, 0.05) is 22.8 Å². The second-order valence-corrected chi connectivity index (χ2v) is 9.77. The minimum atomic E-state index is -0.307. The molecule has 3 rings (SSSR count). The van der Waals surface area contributed by atoms with Gasteiger partial charge < -0.3 is 5.11 Å². The Morgan fingerprint density at radius 3 is 2.48 bits per heavy atom. The minimum Gasteiger partial charge on any atom is -0.393 e. The molecule has 1 N–H and O–H groups in total. The lowest BCUT2D eigenvalue weighted by Crippen LogP contribution is -2.39. The van der Waals surface area contributed by atoms with Crippen molar-refractivity contribution in [2.24, 2.45) is 22.7 Å². The largest absolute Gasteiger partial charge is 0.393 e. The zero-order chi connectivity index (χ0) is 18.2. The molecule has 0 unspecified atom stereocenters. The van der Waals surface area contributed by atoms with Gasteiger partial charge in [-0.25, -0.2) is 0 Å². The summed E-state index contributed by atoms with van der Waals surface area (Å²) in [6.07, 6.45) is 3.48. The molecule has 0 heterocycles. The van der Waals surface area contributed by atoms with E-state index in [1.165, 1.54) is 12.0 Å². The smallest absolute Gasteiger partial charge is 0.140 e. The predicted octanol–water partition coefficient (Wildman–Crippen LogP) is 5.26. The number of ketones is 1. The van der Waals surface area contributed by atoms with E-state index in [0.717, 1.165) is 25.0 Å². The molecule has 2 aliphatic carbocycles. The van der Waals surface area contributed by atoms with Crippen LogP contribution in [0.3, 0.4) is 0 Å². The van der Waals surface area contributed by atoms with Gasteiger partial charge in [0.05, 0.1) is 6.10 Å². The quantitative estimate of drug-likeness (QED) is 0.720. The maximum absolute atomic E-state index is 12.8. The molecule has 0 radical (unpaired) electrons. The van der Waals surface area contributed by atoms with E-state index >= 15 is 0 Å². The van der Waals surface area contributed by atoms with Gasteiger partial charge in [0.15, 0.2) is 0 Å². The third kappa shape index (κ3) is 3.08. The van der Waals surface area contributed by atoms with Crippen molar-refractivity contribution in [1.29, 1.82) is 0 Å². The summed E-state index contributed by atoms with van der Waals surface area (Å²) in [5, 5.41) is 10.7. The molecule has 0 aliphatic heterocycles. The van der Waals surface area contributed by atoms with Crippen LogP contribution in [0, 0.1) is 22.7 Å². The zero-order valence-electron chi connectivity index (χ0n) is 16.0. The van der Waals surface area contributed by atoms with Crippen LogP contribution in [0.15, 0.2) is 30.3 Å². The summed E-state index contributed by atoms with van der Waals surface area (Å²) in [5.41, 5.74) is 1.22. The summed E-state index contributed by atoms with van der Waals surface area (Å²) in [4.78, 5) is 12.8. The first-order valence-electron chi connectivity index (χ1n) is 9.71. The van der Waals surface area contributed by atoms with Gasteiger partial charge in [-0.15, -0.1) is 0 Å². The van der Waals surface area contributed by atoms with Crippen molar-refractivity contribution in [3.63, 3.8) is 0 Å². The normalized spacial score (nSPS) is 31.1. The Balaban J connectivity index is 1.83. The molecule has 3 heteroatoms. The Labute approximate surface area is 156 Å². The number of hydrogen-bond donors (Lipinski definition) is 1. The summed E-state index contributed by atoms with van der Waals surface area (Å²) in [6, 6.07) is 10.5. The van der Waals surface area contributed by atoms with Gasteiger partial charge in [-0.2, -0.15) is 11.8 Å². The van der Waals surface area contributed by atoms with Crippen molar-refractivity contribution in [1.82, 2.24) is 0 Å². The molecule has 138 valence electrons. The van der Waals surface area contributed by atoms with Crippen molar-refractivity contribution in [2.45, 2.75) is 64.7 Å². The number of rotatable bonds is 7. The number of hydrogen-bond acceptors (Lipinski definition) is 3. The monoisotopic (exact) mass is 360 g/mol. The number of carbonyl (C=O) groups is 1. The lowest BCUT2D eigenvalue weighted by Gasteiger charge is -2.38. The van der Waals surface area contributed by atoms with Gasteiger partial charge in [0.2, 0.25) is 0 Å². The summed E-state index contributed by atoms with van der Waals surface area (Å²) in [5.74, 6) is 2.10. The number of aliphatic hydroxyl groups is 1. The van der Waals surface area contributed by atoms with Crippen LogP contribution in [-0.4, -0.2) is 22.7 Å². The average Bonchev–Trinajstić information content (AvgIpc) is 2.96. The van der Waals surface area contributed by atoms with E-state index in [1.807, 2.05) is 24.8 Å². The fourth-order valence-corrected chi connectivity index (χ4v) is 7.08. The molecule has 2 fully saturated rings. The lowest BCUT2D eigenvalue weighted by atomic mass is 9.70. The molecule has 1 aromatic carbocycles. The topological polar surface area (TPSA) is 37.3 Å². The van der Waals surface area contributed by atoms with E-state index in [1.54, 1.807) is 0 Å². The first-order chi connectivity index (χ1) is 11.8. The van der Waals surface area contributed by atoms with Crippen LogP contribution in [0.1, 0.15) is 64.2 Å². The van der Waals surface area contributed by atoms with Crippen LogP contribution in [0.5, 0.6) is 0 Å². The van der Waals surface area contributed by atoms with Gasteiger partial charge >= 0.3 is 0 Å². The zero-order valence-corrected chi connectivity index (χ0v) is 16.8. The van der Waals surface area contributed by atoms with Crippen molar-refractivity contribution in [3.05, 3.63) is 35.9 Å². The van der Waals surface area contributed by atoms with Crippen LogP contribution in [-0.2, 0) is 4.79 Å². The lowest BCUT2D eigenvalue weighted by molar-refractivity contribution is -0.127. The number of benzene rings is 1. The predicted molar refractivity (Wildman–Crippen MR) is 106 cm³/mol. The van der Waals surface area contributed by atoms with Crippen molar-refractivity contribution < 1.29 is 9.90 Å². The Bertz CT molecular complexity index is 612. The molecule has 2 bridgehead atoms. The molecule has 0 spiro atoms. The number of Topliss-reactive ketones (excluding diaryl/α,β-unsaturated/α-hetero) is 1. The van der Waals surface area contributed by atoms with Gasteiger partial charge in [-0.3, -0.25) is 4.79 Å².